The van der Waals surface area contributed by atoms with Gasteiger partial charge in [-0.2, -0.15) is 13.2 Å². The highest BCUT2D eigenvalue weighted by atomic mass is 19.4. The molecular formula is C29H33F3N6O6. The fraction of sp³-hybridized carbons (Fsp3) is 0.276. The van der Waals surface area contributed by atoms with Crippen molar-refractivity contribution in [3.05, 3.63) is 83.2 Å². The number of aryl methyl sites for hydroxylation is 1. The normalized spacial score (nSPS) is 11.4. The molecule has 1 atom stereocenters. The number of nitrogens with two attached hydrogens (primary N) is 1. The predicted octanol–water partition coefficient (Wildman–Crippen LogP) is 4.11. The first kappa shape index (κ1) is 34.9. The van der Waals surface area contributed by atoms with E-state index in [0.717, 1.165) is 5.69 Å². The maximum absolute atomic E-state index is 13.3. The summed E-state index contributed by atoms with van der Waals surface area (Å²) in [6, 6.07) is 14.4. The number of aliphatic carboxylic acids is 1. The number of rotatable bonds is 10. The fourth-order valence-electron chi connectivity index (χ4n) is 3.40. The highest BCUT2D eigenvalue weighted by Crippen LogP contribution is 2.33. The van der Waals surface area contributed by atoms with Gasteiger partial charge in [0.2, 0.25) is 0 Å². The first-order valence-corrected chi connectivity index (χ1v) is 13.1. The molecule has 44 heavy (non-hydrogen) atoms. The summed E-state index contributed by atoms with van der Waals surface area (Å²) in [6.07, 6.45) is -3.71. The smallest absolute Gasteiger partial charge is 0.490 e. The third-order valence-corrected chi connectivity index (χ3v) is 5.45. The summed E-state index contributed by atoms with van der Waals surface area (Å²) < 4.78 is 43.3. The Morgan fingerprint density at radius 2 is 1.61 bits per heavy atom. The Balaban J connectivity index is 0.000000860. The van der Waals surface area contributed by atoms with E-state index in [2.05, 4.69) is 21.2 Å². The van der Waals surface area contributed by atoms with Gasteiger partial charge in [-0.25, -0.2) is 4.79 Å². The van der Waals surface area contributed by atoms with Crippen LogP contribution in [-0.2, 0) is 9.59 Å². The van der Waals surface area contributed by atoms with E-state index in [1.54, 1.807) is 54.6 Å². The molecule has 12 nitrogen and oxygen atoms in total. The molecule has 0 fully saturated rings. The third-order valence-electron chi connectivity index (χ3n) is 5.45. The van der Waals surface area contributed by atoms with E-state index < -0.39 is 30.0 Å². The Labute approximate surface area is 251 Å². The van der Waals surface area contributed by atoms with Gasteiger partial charge in [0.05, 0.1) is 18.3 Å². The van der Waals surface area contributed by atoms with Crippen molar-refractivity contribution in [3.8, 4) is 11.5 Å². The average Bonchev–Trinajstić information content (AvgIpc) is 2.95. The zero-order valence-electron chi connectivity index (χ0n) is 24.3. The maximum atomic E-state index is 13.3. The van der Waals surface area contributed by atoms with Crippen molar-refractivity contribution in [1.82, 2.24) is 15.8 Å². The van der Waals surface area contributed by atoms with Crippen LogP contribution in [0.4, 0.5) is 18.9 Å². The monoisotopic (exact) mass is 618 g/mol. The van der Waals surface area contributed by atoms with E-state index in [9.17, 15) is 22.8 Å². The van der Waals surface area contributed by atoms with Crippen molar-refractivity contribution in [3.63, 3.8) is 0 Å². The van der Waals surface area contributed by atoms with Crippen LogP contribution in [0.15, 0.2) is 60.8 Å². The number of hydrogen-bond acceptors (Lipinski definition) is 8. The highest BCUT2D eigenvalue weighted by molar-refractivity contribution is 5.96. The molecule has 2 aromatic carbocycles. The third kappa shape index (κ3) is 10.8. The molecule has 0 aliphatic heterocycles. The molecule has 236 valence electrons. The number of amidine groups is 1. The number of aromatic nitrogens is 1. The molecule has 15 heteroatoms. The average molecular weight is 619 g/mol. The molecular weight excluding hydrogens is 585 g/mol. The molecule has 1 heterocycles. The number of hydrogen-bond donors (Lipinski definition) is 6. The second-order valence-corrected chi connectivity index (χ2v) is 9.31. The Morgan fingerprint density at radius 1 is 1.00 bits per heavy atom. The summed E-state index contributed by atoms with van der Waals surface area (Å²) in [4.78, 5) is 38.8. The van der Waals surface area contributed by atoms with Crippen LogP contribution in [0.25, 0.3) is 0 Å². The number of halogens is 3. The van der Waals surface area contributed by atoms with Crippen LogP contribution in [0.2, 0.25) is 0 Å². The van der Waals surface area contributed by atoms with Crippen molar-refractivity contribution in [1.29, 1.82) is 5.41 Å². The van der Waals surface area contributed by atoms with Crippen molar-refractivity contribution in [2.45, 2.75) is 46.0 Å². The largest absolute Gasteiger partial charge is 0.490 e. The number of hydrazine groups is 1. The standard InChI is InChI=1S/C27H32N6O4.C2HF3O2/c1-5-36-23-14-19(10-13-22(23)37-16(2)3)24(31-21-11-8-18(9-12-21)25(28)29)27(35)33-32-26(34)20-7-6-17(4)30-15-20;3-2(4,5)1(6)7/h6-16,24,31H,5H2,1-4H3,(H3,28,29)(H,32,34)(H,33,35);(H,6,7). The van der Waals surface area contributed by atoms with Crippen molar-refractivity contribution < 1.29 is 42.1 Å². The van der Waals surface area contributed by atoms with E-state index in [1.807, 2.05) is 27.7 Å². The number of ether oxygens (including phenoxy) is 2. The number of benzene rings is 2. The molecule has 1 unspecified atom stereocenters. The molecule has 0 spiro atoms. The topological polar surface area (TPSA) is 189 Å². The minimum atomic E-state index is -5.08. The van der Waals surface area contributed by atoms with Crippen LogP contribution in [-0.4, -0.2) is 52.6 Å². The Bertz CT molecular complexity index is 1450. The zero-order valence-corrected chi connectivity index (χ0v) is 24.3. The lowest BCUT2D eigenvalue weighted by Gasteiger charge is -2.22. The van der Waals surface area contributed by atoms with E-state index in [1.165, 1.54) is 6.20 Å². The number of carboxylic acid groups (broad SMARTS) is 1. The van der Waals surface area contributed by atoms with Gasteiger partial charge in [-0.1, -0.05) is 6.07 Å². The number of nitrogens with one attached hydrogen (secondary N) is 4. The lowest BCUT2D eigenvalue weighted by molar-refractivity contribution is -0.192. The Morgan fingerprint density at radius 3 is 2.11 bits per heavy atom. The van der Waals surface area contributed by atoms with Crippen molar-refractivity contribution >= 4 is 29.3 Å². The molecule has 3 aromatic rings. The number of pyridine rings is 1. The van der Waals surface area contributed by atoms with Gasteiger partial charge in [0.15, 0.2) is 11.5 Å². The Kier molecular flexibility index (Phi) is 12.5. The quantitative estimate of drug-likeness (QED) is 0.110. The molecule has 0 aliphatic carbocycles. The molecule has 0 saturated carbocycles. The molecule has 0 bridgehead atoms. The second-order valence-electron chi connectivity index (χ2n) is 9.31. The van der Waals surface area contributed by atoms with Gasteiger partial charge in [-0.05, 0) is 81.8 Å². The molecule has 0 radical (unpaired) electrons. The SMILES string of the molecule is CCOc1cc(C(Nc2ccc(C(=N)N)cc2)C(=O)NNC(=O)c2ccc(C)nc2)ccc1OC(C)C.O=C(O)C(F)(F)F. The maximum Gasteiger partial charge on any atom is 0.490 e. The summed E-state index contributed by atoms with van der Waals surface area (Å²) in [5.74, 6) is -2.77. The van der Waals surface area contributed by atoms with E-state index in [-0.39, 0.29) is 11.9 Å². The minimum absolute atomic E-state index is 0.0590. The van der Waals surface area contributed by atoms with Crippen LogP contribution in [0.5, 0.6) is 11.5 Å². The van der Waals surface area contributed by atoms with Gasteiger partial charge >= 0.3 is 12.1 Å². The zero-order chi connectivity index (χ0) is 33.0. The molecule has 1 aromatic heterocycles. The van der Waals surface area contributed by atoms with E-state index in [4.69, 9.17) is 30.5 Å². The van der Waals surface area contributed by atoms with Crippen LogP contribution < -0.4 is 31.4 Å². The van der Waals surface area contributed by atoms with E-state index >= 15 is 0 Å². The van der Waals surface area contributed by atoms with Crippen molar-refractivity contribution in [2.24, 2.45) is 5.73 Å². The van der Waals surface area contributed by atoms with Gasteiger partial charge in [-0.15, -0.1) is 0 Å². The van der Waals surface area contributed by atoms with Gasteiger partial charge in [0.1, 0.15) is 11.9 Å². The van der Waals surface area contributed by atoms with Crippen molar-refractivity contribution in [2.75, 3.05) is 11.9 Å². The number of nitrogen functional groups attached to an aromatic ring is 1. The van der Waals surface area contributed by atoms with Gasteiger partial charge < -0.3 is 25.6 Å². The van der Waals surface area contributed by atoms with Crippen LogP contribution in [0.1, 0.15) is 54.0 Å². The number of nitrogens with zero attached hydrogens (tertiary/aromatic N) is 1. The summed E-state index contributed by atoms with van der Waals surface area (Å²) in [6.45, 7) is 7.92. The second kappa shape index (κ2) is 15.8. The first-order chi connectivity index (χ1) is 20.6. The lowest BCUT2D eigenvalue weighted by atomic mass is 10.0. The number of carbonyl (C=O) groups excluding carboxylic acids is 2. The number of alkyl halides is 3. The number of amides is 2. The molecule has 7 N–H and O–H groups in total. The molecule has 0 aliphatic rings. The van der Waals surface area contributed by atoms with Gasteiger partial charge in [-0.3, -0.25) is 30.8 Å². The predicted molar refractivity (Wildman–Crippen MR) is 155 cm³/mol. The van der Waals surface area contributed by atoms with Gasteiger partial charge in [0, 0.05) is 23.1 Å². The van der Waals surface area contributed by atoms with Crippen LogP contribution in [0, 0.1) is 12.3 Å². The minimum Gasteiger partial charge on any atom is -0.490 e. The first-order valence-electron chi connectivity index (χ1n) is 13.1. The number of carbonyl (C=O) groups is 3. The molecule has 2 amide bonds. The fourth-order valence-corrected chi connectivity index (χ4v) is 3.40. The van der Waals surface area contributed by atoms with Gasteiger partial charge in [0.25, 0.3) is 11.8 Å². The summed E-state index contributed by atoms with van der Waals surface area (Å²) in [5.41, 5.74) is 13.3. The lowest BCUT2D eigenvalue weighted by Crippen LogP contribution is -2.45. The summed E-state index contributed by atoms with van der Waals surface area (Å²) in [7, 11) is 0. The highest BCUT2D eigenvalue weighted by Gasteiger charge is 2.38. The number of anilines is 1. The van der Waals surface area contributed by atoms with Crippen LogP contribution >= 0.6 is 0 Å². The summed E-state index contributed by atoms with van der Waals surface area (Å²) >= 11 is 0. The summed E-state index contributed by atoms with van der Waals surface area (Å²) in [5, 5.41) is 17.9. The molecule has 3 rings (SSSR count). The molecule has 0 saturated heterocycles. The van der Waals surface area contributed by atoms with E-state index in [0.29, 0.717) is 40.5 Å². The van der Waals surface area contributed by atoms with Crippen LogP contribution in [0.3, 0.4) is 0 Å². The number of carboxylic acids is 1. The Hall–Kier alpha value is -5.34.